The zero-order valence-electron chi connectivity index (χ0n) is 19.3. The standard InChI is InChI=1S/C25H38N4O2/c1-17-22(15-23(30)28-21-9-5-6-10-21)18(2)27-25(26-17)20-13-14-29(16-20)24(31)12-11-19-7-3-4-8-19/h19-21H,3-16H2,1-2H3,(H,28,30)/t20-/m0/s1. The molecule has 170 valence electrons. The quantitative estimate of drug-likeness (QED) is 0.716. The number of aryl methyl sites for hydroxylation is 2. The molecule has 6 nitrogen and oxygen atoms in total. The molecule has 1 aromatic heterocycles. The van der Waals surface area contributed by atoms with Crippen LogP contribution < -0.4 is 5.32 Å². The summed E-state index contributed by atoms with van der Waals surface area (Å²) in [6.07, 6.45) is 12.9. The predicted molar refractivity (Wildman–Crippen MR) is 121 cm³/mol. The van der Waals surface area contributed by atoms with E-state index >= 15 is 0 Å². The number of amides is 2. The SMILES string of the molecule is Cc1nc([C@H]2CCN(C(=O)CCC3CCCC3)C2)nc(C)c1CC(=O)NC1CCCC1. The number of hydrogen-bond acceptors (Lipinski definition) is 4. The van der Waals surface area contributed by atoms with Crippen LogP contribution >= 0.6 is 0 Å². The average Bonchev–Trinajstić information content (AvgIpc) is 3.51. The van der Waals surface area contributed by atoms with E-state index in [9.17, 15) is 9.59 Å². The Bertz CT molecular complexity index is 774. The first-order chi connectivity index (χ1) is 15.0. The van der Waals surface area contributed by atoms with Crippen LogP contribution in [0.25, 0.3) is 0 Å². The van der Waals surface area contributed by atoms with Crippen molar-refractivity contribution in [1.82, 2.24) is 20.2 Å². The molecular formula is C25H38N4O2. The first kappa shape index (κ1) is 22.2. The normalized spacial score (nSPS) is 22.4. The molecule has 1 atom stereocenters. The number of nitrogens with zero attached hydrogens (tertiary/aromatic N) is 3. The van der Waals surface area contributed by atoms with Crippen LogP contribution in [0, 0.1) is 19.8 Å². The molecule has 0 radical (unpaired) electrons. The molecule has 0 unspecified atom stereocenters. The number of likely N-dealkylation sites (tertiary alicyclic amines) is 1. The lowest BCUT2D eigenvalue weighted by Crippen LogP contribution is -2.34. The van der Waals surface area contributed by atoms with Gasteiger partial charge in [-0.15, -0.1) is 0 Å². The summed E-state index contributed by atoms with van der Waals surface area (Å²) in [5, 5.41) is 3.16. The highest BCUT2D eigenvalue weighted by Crippen LogP contribution is 2.30. The fraction of sp³-hybridized carbons (Fsp3) is 0.760. The number of carbonyl (C=O) groups is 2. The maximum atomic E-state index is 12.7. The minimum absolute atomic E-state index is 0.0781. The first-order valence-corrected chi connectivity index (χ1v) is 12.4. The lowest BCUT2D eigenvalue weighted by Gasteiger charge is -2.18. The van der Waals surface area contributed by atoms with Gasteiger partial charge in [0, 0.05) is 48.4 Å². The topological polar surface area (TPSA) is 75.2 Å². The zero-order chi connectivity index (χ0) is 21.8. The van der Waals surface area contributed by atoms with Gasteiger partial charge in [0.05, 0.1) is 6.42 Å². The van der Waals surface area contributed by atoms with Crippen molar-refractivity contribution in [3.05, 3.63) is 22.8 Å². The van der Waals surface area contributed by atoms with Crippen LogP contribution in [0.2, 0.25) is 0 Å². The summed E-state index contributed by atoms with van der Waals surface area (Å²) in [5.41, 5.74) is 2.74. The van der Waals surface area contributed by atoms with E-state index in [1.54, 1.807) is 0 Å². The lowest BCUT2D eigenvalue weighted by molar-refractivity contribution is -0.130. The molecule has 1 N–H and O–H groups in total. The zero-order valence-corrected chi connectivity index (χ0v) is 19.3. The summed E-state index contributed by atoms with van der Waals surface area (Å²) >= 11 is 0. The molecule has 2 heterocycles. The lowest BCUT2D eigenvalue weighted by atomic mass is 10.0. The van der Waals surface area contributed by atoms with Crippen molar-refractivity contribution >= 4 is 11.8 Å². The summed E-state index contributed by atoms with van der Waals surface area (Å²) in [7, 11) is 0. The third-order valence-electron chi connectivity index (χ3n) is 7.64. The van der Waals surface area contributed by atoms with Crippen LogP contribution in [0.5, 0.6) is 0 Å². The average molecular weight is 427 g/mol. The molecule has 3 aliphatic rings. The van der Waals surface area contributed by atoms with Gasteiger partial charge in [-0.25, -0.2) is 9.97 Å². The van der Waals surface area contributed by atoms with Gasteiger partial charge in [0.2, 0.25) is 11.8 Å². The molecule has 31 heavy (non-hydrogen) atoms. The van der Waals surface area contributed by atoms with Gasteiger partial charge in [-0.3, -0.25) is 9.59 Å². The van der Waals surface area contributed by atoms with Gasteiger partial charge in [-0.05, 0) is 45.4 Å². The fourth-order valence-corrected chi connectivity index (χ4v) is 5.70. The van der Waals surface area contributed by atoms with Gasteiger partial charge < -0.3 is 10.2 Å². The van der Waals surface area contributed by atoms with Crippen molar-refractivity contribution in [2.24, 2.45) is 5.92 Å². The van der Waals surface area contributed by atoms with Crippen molar-refractivity contribution in [1.29, 1.82) is 0 Å². The number of nitrogens with one attached hydrogen (secondary N) is 1. The van der Waals surface area contributed by atoms with Gasteiger partial charge in [0.25, 0.3) is 0 Å². The Hall–Kier alpha value is -1.98. The van der Waals surface area contributed by atoms with Crippen LogP contribution in [0.1, 0.15) is 99.3 Å². The Labute approximate surface area is 186 Å². The first-order valence-electron chi connectivity index (χ1n) is 12.4. The number of carbonyl (C=O) groups excluding carboxylic acids is 2. The Kier molecular flexibility index (Phi) is 7.24. The van der Waals surface area contributed by atoms with Gasteiger partial charge in [-0.2, -0.15) is 0 Å². The molecule has 1 aliphatic heterocycles. The van der Waals surface area contributed by atoms with Crippen LogP contribution in [0.3, 0.4) is 0 Å². The van der Waals surface area contributed by atoms with E-state index in [0.29, 0.717) is 24.8 Å². The highest BCUT2D eigenvalue weighted by Gasteiger charge is 2.30. The molecule has 0 bridgehead atoms. The van der Waals surface area contributed by atoms with E-state index < -0.39 is 0 Å². The number of aromatic nitrogens is 2. The van der Waals surface area contributed by atoms with E-state index in [-0.39, 0.29) is 11.8 Å². The monoisotopic (exact) mass is 426 g/mol. The minimum Gasteiger partial charge on any atom is -0.353 e. The van der Waals surface area contributed by atoms with Crippen LogP contribution in [0.4, 0.5) is 0 Å². The molecule has 3 fully saturated rings. The highest BCUT2D eigenvalue weighted by atomic mass is 16.2. The molecule has 6 heteroatoms. The molecule has 0 spiro atoms. The molecular weight excluding hydrogens is 388 g/mol. The third kappa shape index (κ3) is 5.64. The Balaban J connectivity index is 1.32. The third-order valence-corrected chi connectivity index (χ3v) is 7.64. The summed E-state index contributed by atoms with van der Waals surface area (Å²) in [5.74, 6) is 2.17. The van der Waals surface area contributed by atoms with Crippen molar-refractivity contribution in [3.63, 3.8) is 0 Å². The van der Waals surface area contributed by atoms with Gasteiger partial charge in [0.15, 0.2) is 0 Å². The van der Waals surface area contributed by atoms with Crippen molar-refractivity contribution in [2.75, 3.05) is 13.1 Å². The minimum atomic E-state index is 0.0781. The number of hydrogen-bond donors (Lipinski definition) is 1. The second-order valence-electron chi connectivity index (χ2n) is 9.97. The summed E-state index contributed by atoms with van der Waals surface area (Å²) in [6.45, 7) is 5.50. The molecule has 4 rings (SSSR count). The maximum absolute atomic E-state index is 12.7. The number of rotatable bonds is 7. The Morgan fingerprint density at radius 1 is 0.968 bits per heavy atom. The molecule has 1 aromatic rings. The van der Waals surface area contributed by atoms with E-state index in [4.69, 9.17) is 9.97 Å². The second kappa shape index (κ2) is 10.1. The van der Waals surface area contributed by atoms with E-state index in [1.165, 1.54) is 38.5 Å². The van der Waals surface area contributed by atoms with Crippen LogP contribution in [-0.2, 0) is 16.0 Å². The Morgan fingerprint density at radius 2 is 1.61 bits per heavy atom. The van der Waals surface area contributed by atoms with Crippen molar-refractivity contribution < 1.29 is 9.59 Å². The van der Waals surface area contributed by atoms with E-state index in [0.717, 1.165) is 67.5 Å². The van der Waals surface area contributed by atoms with E-state index in [2.05, 4.69) is 5.32 Å². The van der Waals surface area contributed by atoms with Gasteiger partial charge in [0.1, 0.15) is 5.82 Å². The van der Waals surface area contributed by atoms with Gasteiger partial charge >= 0.3 is 0 Å². The molecule has 0 aromatic carbocycles. The summed E-state index contributed by atoms with van der Waals surface area (Å²) in [6, 6.07) is 0.337. The van der Waals surface area contributed by atoms with Crippen LogP contribution in [0.15, 0.2) is 0 Å². The highest BCUT2D eigenvalue weighted by molar-refractivity contribution is 5.79. The largest absolute Gasteiger partial charge is 0.353 e. The van der Waals surface area contributed by atoms with E-state index in [1.807, 2.05) is 18.7 Å². The van der Waals surface area contributed by atoms with Gasteiger partial charge in [-0.1, -0.05) is 38.5 Å². The van der Waals surface area contributed by atoms with Crippen molar-refractivity contribution in [2.45, 2.75) is 103 Å². The van der Waals surface area contributed by atoms with Crippen molar-refractivity contribution in [3.8, 4) is 0 Å². The molecule has 2 aliphatic carbocycles. The maximum Gasteiger partial charge on any atom is 0.224 e. The Morgan fingerprint density at radius 3 is 2.29 bits per heavy atom. The van der Waals surface area contributed by atoms with Crippen LogP contribution in [-0.4, -0.2) is 45.8 Å². The fourth-order valence-electron chi connectivity index (χ4n) is 5.70. The smallest absolute Gasteiger partial charge is 0.224 e. The molecule has 1 saturated heterocycles. The summed E-state index contributed by atoms with van der Waals surface area (Å²) in [4.78, 5) is 36.7. The predicted octanol–water partition coefficient (Wildman–Crippen LogP) is 3.98. The molecule has 2 amide bonds. The second-order valence-corrected chi connectivity index (χ2v) is 9.97. The molecule has 2 saturated carbocycles. The summed E-state index contributed by atoms with van der Waals surface area (Å²) < 4.78 is 0.